The van der Waals surface area contributed by atoms with E-state index in [-0.39, 0.29) is 11.9 Å². The van der Waals surface area contributed by atoms with Gasteiger partial charge in [-0.3, -0.25) is 14.0 Å². The maximum atomic E-state index is 11.8. The number of carbonyl (C=O) groups is 2. The second-order valence-electron chi connectivity index (χ2n) is 8.58. The second kappa shape index (κ2) is 9.28. The van der Waals surface area contributed by atoms with Crippen LogP contribution < -0.4 is 10.6 Å². The fourth-order valence-electron chi connectivity index (χ4n) is 3.35. The van der Waals surface area contributed by atoms with Crippen LogP contribution in [0.5, 0.6) is 0 Å². The van der Waals surface area contributed by atoms with Gasteiger partial charge >= 0.3 is 5.97 Å². The van der Waals surface area contributed by atoms with Gasteiger partial charge in [0.25, 0.3) is 0 Å². The van der Waals surface area contributed by atoms with E-state index >= 15 is 0 Å². The molecule has 0 aliphatic rings. The third-order valence-corrected chi connectivity index (χ3v) is 4.58. The third-order valence-electron chi connectivity index (χ3n) is 4.58. The minimum Gasteiger partial charge on any atom is -0.460 e. The van der Waals surface area contributed by atoms with Gasteiger partial charge in [-0.15, -0.1) is 10.2 Å². The van der Waals surface area contributed by atoms with Gasteiger partial charge in [-0.25, -0.2) is 4.98 Å². The molecule has 1 aromatic carbocycles. The van der Waals surface area contributed by atoms with Crippen molar-refractivity contribution in [3.63, 3.8) is 0 Å². The van der Waals surface area contributed by atoms with Crippen molar-refractivity contribution in [2.75, 3.05) is 17.2 Å². The summed E-state index contributed by atoms with van der Waals surface area (Å²) in [6, 6.07) is 5.57. The molecule has 2 aromatic heterocycles. The zero-order valence-electron chi connectivity index (χ0n) is 18.8. The molecule has 9 nitrogen and oxygen atoms in total. The quantitative estimate of drug-likeness (QED) is 0.416. The monoisotopic (exact) mass is 426 g/mol. The molecule has 0 aliphatic heterocycles. The van der Waals surface area contributed by atoms with E-state index in [9.17, 15) is 9.59 Å². The Hall–Kier alpha value is -3.23. The third kappa shape index (κ3) is 5.90. The smallest absolute Gasteiger partial charge is 0.306 e. The molecule has 0 spiro atoms. The van der Waals surface area contributed by atoms with Crippen LogP contribution in [-0.2, 0) is 14.3 Å². The van der Waals surface area contributed by atoms with E-state index < -0.39 is 5.60 Å². The SMILES string of the molecule is CC(=O)Nc1ccc2c(c1)nc(NCCCCCC(=O)OC(C)(C)C)c1nnc(C)n12. The highest BCUT2D eigenvalue weighted by Gasteiger charge is 2.16. The molecule has 0 bridgehead atoms. The highest BCUT2D eigenvalue weighted by atomic mass is 16.6. The van der Waals surface area contributed by atoms with Crippen molar-refractivity contribution in [1.82, 2.24) is 19.6 Å². The predicted octanol–water partition coefficient (Wildman–Crippen LogP) is 3.86. The maximum absolute atomic E-state index is 11.8. The number of fused-ring (bicyclic) bond motifs is 3. The van der Waals surface area contributed by atoms with Crippen molar-refractivity contribution in [1.29, 1.82) is 0 Å². The number of unbranched alkanes of at least 4 members (excludes halogenated alkanes) is 2. The number of benzene rings is 1. The van der Waals surface area contributed by atoms with Gasteiger partial charge in [0, 0.05) is 25.6 Å². The molecule has 0 radical (unpaired) electrons. The summed E-state index contributed by atoms with van der Waals surface area (Å²) in [5, 5.41) is 14.6. The Morgan fingerprint density at radius 3 is 2.61 bits per heavy atom. The number of hydrogen-bond acceptors (Lipinski definition) is 7. The molecule has 0 unspecified atom stereocenters. The summed E-state index contributed by atoms with van der Waals surface area (Å²) in [5.41, 5.74) is 2.50. The molecule has 3 aromatic rings. The van der Waals surface area contributed by atoms with Gasteiger partial charge in [0.2, 0.25) is 11.6 Å². The van der Waals surface area contributed by atoms with Crippen LogP contribution in [0.4, 0.5) is 11.5 Å². The molecule has 2 N–H and O–H groups in total. The molecule has 1 amide bonds. The molecule has 0 fully saturated rings. The number of hydrogen-bond donors (Lipinski definition) is 2. The van der Waals surface area contributed by atoms with Crippen LogP contribution in [0.1, 0.15) is 59.2 Å². The van der Waals surface area contributed by atoms with Crippen LogP contribution in [0.2, 0.25) is 0 Å². The van der Waals surface area contributed by atoms with Gasteiger partial charge in [0.1, 0.15) is 11.4 Å². The number of anilines is 2. The van der Waals surface area contributed by atoms with Gasteiger partial charge in [0.05, 0.1) is 11.0 Å². The Morgan fingerprint density at radius 1 is 1.13 bits per heavy atom. The standard InChI is InChI=1S/C22H30N6O3/c1-14-26-27-21-20(23-12-8-6-7-9-19(30)31-22(3,4)5)25-17-13-16(24-15(2)29)10-11-18(17)28(14)21/h10-11,13H,6-9,12H2,1-5H3,(H,23,25)(H,24,29). The van der Waals surface area contributed by atoms with Crippen molar-refractivity contribution in [2.45, 2.75) is 65.9 Å². The lowest BCUT2D eigenvalue weighted by Gasteiger charge is -2.19. The van der Waals surface area contributed by atoms with E-state index in [2.05, 4.69) is 20.8 Å². The normalized spacial score (nSPS) is 11.6. The largest absolute Gasteiger partial charge is 0.460 e. The molecule has 3 rings (SSSR count). The Balaban J connectivity index is 1.65. The van der Waals surface area contributed by atoms with Crippen LogP contribution in [-0.4, -0.2) is 43.6 Å². The summed E-state index contributed by atoms with van der Waals surface area (Å²) >= 11 is 0. The van der Waals surface area contributed by atoms with Crippen LogP contribution in [0.25, 0.3) is 16.7 Å². The van der Waals surface area contributed by atoms with Gasteiger partial charge in [0.15, 0.2) is 5.82 Å². The Labute approximate surface area is 181 Å². The minimum absolute atomic E-state index is 0.134. The minimum atomic E-state index is -0.443. The first-order valence-electron chi connectivity index (χ1n) is 10.5. The van der Waals surface area contributed by atoms with Gasteiger partial charge < -0.3 is 15.4 Å². The summed E-state index contributed by atoms with van der Waals surface area (Å²) in [4.78, 5) is 27.9. The van der Waals surface area contributed by atoms with Crippen LogP contribution in [0.15, 0.2) is 18.2 Å². The van der Waals surface area contributed by atoms with Crippen molar-refractivity contribution in [3.8, 4) is 0 Å². The average molecular weight is 427 g/mol. The zero-order chi connectivity index (χ0) is 22.6. The summed E-state index contributed by atoms with van der Waals surface area (Å²) in [7, 11) is 0. The molecule has 0 saturated carbocycles. The molecule has 0 aliphatic carbocycles. The second-order valence-corrected chi connectivity index (χ2v) is 8.58. The Kier molecular flexibility index (Phi) is 6.72. The van der Waals surface area contributed by atoms with Crippen LogP contribution in [0.3, 0.4) is 0 Å². The maximum Gasteiger partial charge on any atom is 0.306 e. The van der Waals surface area contributed by atoms with Gasteiger partial charge in [-0.2, -0.15) is 0 Å². The van der Waals surface area contributed by atoms with Gasteiger partial charge in [-0.05, 0) is 58.7 Å². The molecule has 166 valence electrons. The van der Waals surface area contributed by atoms with Crippen molar-refractivity contribution in [3.05, 3.63) is 24.0 Å². The number of aryl methyl sites for hydroxylation is 1. The van der Waals surface area contributed by atoms with Gasteiger partial charge in [-0.1, -0.05) is 6.42 Å². The summed E-state index contributed by atoms with van der Waals surface area (Å²) < 4.78 is 7.28. The first-order chi connectivity index (χ1) is 14.6. The molecule has 9 heteroatoms. The number of nitrogens with zero attached hydrogens (tertiary/aromatic N) is 4. The number of ether oxygens (including phenoxy) is 1. The number of esters is 1. The van der Waals surface area contributed by atoms with E-state index in [4.69, 9.17) is 9.72 Å². The topological polar surface area (TPSA) is 111 Å². The first kappa shape index (κ1) is 22.5. The zero-order valence-corrected chi connectivity index (χ0v) is 18.8. The average Bonchev–Trinajstić information content (AvgIpc) is 3.04. The van der Waals surface area contributed by atoms with Crippen LogP contribution in [0, 0.1) is 6.92 Å². The fraction of sp³-hybridized carbons (Fsp3) is 0.500. The number of carbonyl (C=O) groups excluding carboxylic acids is 2. The Morgan fingerprint density at radius 2 is 1.90 bits per heavy atom. The number of nitrogens with one attached hydrogen (secondary N) is 2. The molecular weight excluding hydrogens is 396 g/mol. The lowest BCUT2D eigenvalue weighted by molar-refractivity contribution is -0.154. The summed E-state index contributed by atoms with van der Waals surface area (Å²) in [5.74, 6) is 1.10. The summed E-state index contributed by atoms with van der Waals surface area (Å²) in [6.45, 7) is 9.67. The lowest BCUT2D eigenvalue weighted by atomic mass is 10.1. The highest BCUT2D eigenvalue weighted by molar-refractivity contribution is 5.92. The van der Waals surface area contributed by atoms with E-state index in [0.29, 0.717) is 30.1 Å². The number of aromatic nitrogens is 4. The van der Waals surface area contributed by atoms with E-state index in [1.165, 1.54) is 6.92 Å². The van der Waals surface area contributed by atoms with Crippen molar-refractivity contribution >= 4 is 40.1 Å². The van der Waals surface area contributed by atoms with E-state index in [0.717, 1.165) is 36.1 Å². The molecule has 0 atom stereocenters. The first-order valence-corrected chi connectivity index (χ1v) is 10.5. The van der Waals surface area contributed by atoms with E-state index in [1.807, 2.05) is 50.3 Å². The fourth-order valence-corrected chi connectivity index (χ4v) is 3.35. The molecule has 2 heterocycles. The lowest BCUT2D eigenvalue weighted by Crippen LogP contribution is -2.23. The summed E-state index contributed by atoms with van der Waals surface area (Å²) in [6.07, 6.45) is 2.98. The highest BCUT2D eigenvalue weighted by Crippen LogP contribution is 2.24. The number of amides is 1. The molecular formula is C22H30N6O3. The molecule has 31 heavy (non-hydrogen) atoms. The van der Waals surface area contributed by atoms with Crippen LogP contribution >= 0.6 is 0 Å². The predicted molar refractivity (Wildman–Crippen MR) is 120 cm³/mol. The van der Waals surface area contributed by atoms with Crippen molar-refractivity contribution < 1.29 is 14.3 Å². The number of rotatable bonds is 8. The van der Waals surface area contributed by atoms with Crippen molar-refractivity contribution in [2.24, 2.45) is 0 Å². The van der Waals surface area contributed by atoms with E-state index in [1.54, 1.807) is 0 Å². The molecule has 0 saturated heterocycles. The Bertz CT molecular complexity index is 1100.